The van der Waals surface area contributed by atoms with E-state index in [4.69, 9.17) is 0 Å². The summed E-state index contributed by atoms with van der Waals surface area (Å²) in [5.74, 6) is 0. The van der Waals surface area contributed by atoms with Crippen molar-refractivity contribution in [2.24, 2.45) is 0 Å². The predicted octanol–water partition coefficient (Wildman–Crippen LogP) is 1.48. The topological polar surface area (TPSA) is 29.1 Å². The van der Waals surface area contributed by atoms with Crippen LogP contribution in [-0.2, 0) is 11.0 Å². The second kappa shape index (κ2) is 4.85. The van der Waals surface area contributed by atoms with Gasteiger partial charge in [0.05, 0.1) is 4.90 Å². The molecule has 0 aliphatic carbocycles. The van der Waals surface area contributed by atoms with Crippen LogP contribution in [0.15, 0.2) is 47.9 Å². The summed E-state index contributed by atoms with van der Waals surface area (Å²) in [6.45, 7) is 4.09. The van der Waals surface area contributed by atoms with E-state index in [0.717, 1.165) is 4.90 Å². The van der Waals surface area contributed by atoms with Crippen molar-refractivity contribution in [2.75, 3.05) is 6.54 Å². The molecule has 0 aliphatic rings. The van der Waals surface area contributed by atoms with Crippen LogP contribution >= 0.6 is 0 Å². The number of rotatable bonds is 4. The van der Waals surface area contributed by atoms with Gasteiger partial charge in [-0.05, 0) is 12.1 Å². The Kier molecular flexibility index (Phi) is 3.70. The molecule has 1 atom stereocenters. The first-order valence-electron chi connectivity index (χ1n) is 3.66. The van der Waals surface area contributed by atoms with Gasteiger partial charge < -0.3 is 0 Å². The molecule has 3 heteroatoms. The zero-order chi connectivity index (χ0) is 8.81. The third-order valence-corrected chi connectivity index (χ3v) is 2.45. The fraction of sp³-hybridized carbons (Fsp3) is 0.111. The molecule has 0 bridgehead atoms. The third-order valence-electron chi connectivity index (χ3n) is 1.32. The van der Waals surface area contributed by atoms with Crippen molar-refractivity contribution in [1.82, 2.24) is 4.72 Å². The van der Waals surface area contributed by atoms with Crippen molar-refractivity contribution in [3.8, 4) is 0 Å². The Balaban J connectivity index is 2.59. The summed E-state index contributed by atoms with van der Waals surface area (Å²) in [4.78, 5) is 0.791. The first-order valence-corrected chi connectivity index (χ1v) is 4.81. The van der Waals surface area contributed by atoms with Crippen LogP contribution in [0.3, 0.4) is 0 Å². The number of benzene rings is 1. The van der Waals surface area contributed by atoms with Gasteiger partial charge in [-0.3, -0.25) is 0 Å². The minimum atomic E-state index is -1.10. The zero-order valence-electron chi connectivity index (χ0n) is 6.69. The van der Waals surface area contributed by atoms with Crippen molar-refractivity contribution in [3.05, 3.63) is 43.0 Å². The Morgan fingerprint density at radius 2 is 2.08 bits per heavy atom. The highest BCUT2D eigenvalue weighted by molar-refractivity contribution is 7.83. The van der Waals surface area contributed by atoms with E-state index >= 15 is 0 Å². The fourth-order valence-corrected chi connectivity index (χ4v) is 1.60. The molecule has 1 aromatic carbocycles. The van der Waals surface area contributed by atoms with Crippen molar-refractivity contribution in [2.45, 2.75) is 4.90 Å². The minimum absolute atomic E-state index is 0.557. The van der Waals surface area contributed by atoms with Crippen molar-refractivity contribution >= 4 is 11.0 Å². The fourth-order valence-electron chi connectivity index (χ4n) is 0.762. The lowest BCUT2D eigenvalue weighted by atomic mass is 10.4. The molecule has 1 N–H and O–H groups in total. The van der Waals surface area contributed by atoms with Gasteiger partial charge in [0.15, 0.2) is 0 Å². The Labute approximate surface area is 74.9 Å². The van der Waals surface area contributed by atoms with Crippen LogP contribution in [0.4, 0.5) is 0 Å². The van der Waals surface area contributed by atoms with E-state index < -0.39 is 11.0 Å². The molecule has 64 valence electrons. The molecule has 1 rings (SSSR count). The van der Waals surface area contributed by atoms with E-state index in [1.165, 1.54) is 0 Å². The normalized spacial score (nSPS) is 12.3. The molecule has 0 saturated heterocycles. The molecule has 12 heavy (non-hydrogen) atoms. The van der Waals surface area contributed by atoms with Gasteiger partial charge in [-0.2, -0.15) is 0 Å². The molecule has 2 nitrogen and oxygen atoms in total. The quantitative estimate of drug-likeness (QED) is 0.700. The molecule has 0 saturated carbocycles. The number of hydrogen-bond acceptors (Lipinski definition) is 1. The first kappa shape index (κ1) is 9.16. The number of nitrogens with one attached hydrogen (secondary N) is 1. The van der Waals surface area contributed by atoms with E-state index in [1.807, 2.05) is 30.3 Å². The summed E-state index contributed by atoms with van der Waals surface area (Å²) in [5.41, 5.74) is 0. The minimum Gasteiger partial charge on any atom is -0.237 e. The highest BCUT2D eigenvalue weighted by Gasteiger charge is 1.98. The molecule has 0 aliphatic heterocycles. The van der Waals surface area contributed by atoms with Gasteiger partial charge in [0.1, 0.15) is 11.0 Å². The summed E-state index contributed by atoms with van der Waals surface area (Å²) in [6, 6.07) is 9.28. The van der Waals surface area contributed by atoms with E-state index in [2.05, 4.69) is 11.3 Å². The molecular formula is C9H11NOS. The Bertz CT molecular complexity index is 271. The Hall–Kier alpha value is -0.930. The van der Waals surface area contributed by atoms with Crippen LogP contribution in [0.5, 0.6) is 0 Å². The summed E-state index contributed by atoms with van der Waals surface area (Å²) < 4.78 is 14.2. The summed E-state index contributed by atoms with van der Waals surface area (Å²) in [6.07, 6.45) is 1.68. The molecule has 0 fully saturated rings. The molecular weight excluding hydrogens is 170 g/mol. The van der Waals surface area contributed by atoms with Crippen LogP contribution in [0.25, 0.3) is 0 Å². The summed E-state index contributed by atoms with van der Waals surface area (Å²) in [5, 5.41) is 0. The summed E-state index contributed by atoms with van der Waals surface area (Å²) in [7, 11) is -1.10. The highest BCUT2D eigenvalue weighted by atomic mass is 32.2. The molecule has 0 amide bonds. The predicted molar refractivity (Wildman–Crippen MR) is 51.1 cm³/mol. The van der Waals surface area contributed by atoms with Gasteiger partial charge in [0.2, 0.25) is 0 Å². The second-order valence-corrected chi connectivity index (χ2v) is 3.52. The van der Waals surface area contributed by atoms with Gasteiger partial charge in [0, 0.05) is 6.54 Å². The smallest absolute Gasteiger partial charge is 0.125 e. The molecule has 0 heterocycles. The van der Waals surface area contributed by atoms with Crippen molar-refractivity contribution in [3.63, 3.8) is 0 Å². The Morgan fingerprint density at radius 1 is 1.42 bits per heavy atom. The van der Waals surface area contributed by atoms with Gasteiger partial charge >= 0.3 is 0 Å². The third kappa shape index (κ3) is 2.60. The van der Waals surface area contributed by atoms with Gasteiger partial charge in [-0.1, -0.05) is 24.3 Å². The van der Waals surface area contributed by atoms with E-state index in [9.17, 15) is 4.21 Å². The van der Waals surface area contributed by atoms with Crippen LogP contribution in [-0.4, -0.2) is 10.8 Å². The first-order chi connectivity index (χ1) is 5.84. The lowest BCUT2D eigenvalue weighted by molar-refractivity contribution is 0.676. The van der Waals surface area contributed by atoms with Crippen LogP contribution < -0.4 is 4.72 Å². The molecule has 1 unspecified atom stereocenters. The van der Waals surface area contributed by atoms with E-state index in [1.54, 1.807) is 6.08 Å². The molecule has 0 radical (unpaired) electrons. The van der Waals surface area contributed by atoms with E-state index in [0.29, 0.717) is 6.54 Å². The monoisotopic (exact) mass is 181 g/mol. The van der Waals surface area contributed by atoms with Crippen molar-refractivity contribution in [1.29, 1.82) is 0 Å². The maximum absolute atomic E-state index is 11.4. The maximum Gasteiger partial charge on any atom is 0.125 e. The van der Waals surface area contributed by atoms with Gasteiger partial charge in [-0.25, -0.2) is 8.93 Å². The average molecular weight is 181 g/mol. The number of hydrogen-bond donors (Lipinski definition) is 1. The van der Waals surface area contributed by atoms with Crippen LogP contribution in [0.2, 0.25) is 0 Å². The molecule has 0 spiro atoms. The lowest BCUT2D eigenvalue weighted by Crippen LogP contribution is -2.16. The lowest BCUT2D eigenvalue weighted by Gasteiger charge is -2.00. The largest absolute Gasteiger partial charge is 0.237 e. The van der Waals surface area contributed by atoms with E-state index in [-0.39, 0.29) is 0 Å². The second-order valence-electron chi connectivity index (χ2n) is 2.22. The SMILES string of the molecule is C=CCNS(=O)c1ccccc1. The summed E-state index contributed by atoms with van der Waals surface area (Å²) >= 11 is 0. The van der Waals surface area contributed by atoms with Crippen LogP contribution in [0.1, 0.15) is 0 Å². The van der Waals surface area contributed by atoms with Gasteiger partial charge in [-0.15, -0.1) is 6.58 Å². The van der Waals surface area contributed by atoms with Crippen LogP contribution in [0, 0.1) is 0 Å². The highest BCUT2D eigenvalue weighted by Crippen LogP contribution is 2.01. The average Bonchev–Trinajstić information content (AvgIpc) is 2.15. The standard InChI is InChI=1S/C9H11NOS/c1-2-8-10-12(11)9-6-4-3-5-7-9/h2-7,10H,1,8H2. The molecule has 0 aromatic heterocycles. The zero-order valence-corrected chi connectivity index (χ0v) is 7.51. The maximum atomic E-state index is 11.4. The van der Waals surface area contributed by atoms with Gasteiger partial charge in [0.25, 0.3) is 0 Å². The molecule has 1 aromatic rings. The van der Waals surface area contributed by atoms with Crippen molar-refractivity contribution < 1.29 is 4.21 Å². The Morgan fingerprint density at radius 3 is 2.67 bits per heavy atom.